The number of carbonyl (C=O) groups is 2. The van der Waals surface area contributed by atoms with Gasteiger partial charge in [-0.05, 0) is 29.8 Å². The summed E-state index contributed by atoms with van der Waals surface area (Å²) in [5, 5.41) is 0.401. The Labute approximate surface area is 166 Å². The molecule has 1 aromatic heterocycles. The van der Waals surface area contributed by atoms with Crippen molar-refractivity contribution in [1.29, 1.82) is 0 Å². The van der Waals surface area contributed by atoms with Crippen molar-refractivity contribution in [3.8, 4) is 0 Å². The molecule has 1 amide bonds. The quantitative estimate of drug-likeness (QED) is 0.638. The molecule has 1 heterocycles. The third-order valence-corrected chi connectivity index (χ3v) is 4.67. The highest BCUT2D eigenvalue weighted by Gasteiger charge is 2.13. The van der Waals surface area contributed by atoms with Crippen LogP contribution in [0.25, 0.3) is 10.9 Å². The van der Waals surface area contributed by atoms with Crippen LogP contribution in [0.4, 0.5) is 0 Å². The van der Waals surface area contributed by atoms with Crippen LogP contribution in [-0.2, 0) is 22.6 Å². The molecule has 0 aliphatic rings. The van der Waals surface area contributed by atoms with Gasteiger partial charge in [0.05, 0.1) is 23.6 Å². The van der Waals surface area contributed by atoms with E-state index in [0.717, 1.165) is 5.56 Å². The van der Waals surface area contributed by atoms with Crippen LogP contribution in [0.2, 0.25) is 0 Å². The molecule has 0 saturated carbocycles. The van der Waals surface area contributed by atoms with E-state index in [1.54, 1.807) is 60.5 Å². The number of ether oxygens (including phenoxy) is 1. The molecule has 0 unspecified atom stereocenters. The van der Waals surface area contributed by atoms with Gasteiger partial charge in [0.25, 0.3) is 5.56 Å². The van der Waals surface area contributed by atoms with Crippen molar-refractivity contribution in [2.75, 3.05) is 14.2 Å². The number of esters is 1. The van der Waals surface area contributed by atoms with E-state index in [-0.39, 0.29) is 18.9 Å². The lowest BCUT2D eigenvalue weighted by Gasteiger charge is -2.18. The third kappa shape index (κ3) is 4.43. The molecule has 0 fully saturated rings. The standard InChI is InChI=1S/C21H21N3O5/c1-23(13-14-7-9-15(10-8-14)20(27)29-2)18(25)11-12-24-17-6-4-3-5-16(17)19(26)22-21(24)28/h3-10H,11-13H2,1-2H3,(H,22,26,28). The molecule has 0 spiro atoms. The number of amides is 1. The highest BCUT2D eigenvalue weighted by Crippen LogP contribution is 2.10. The van der Waals surface area contributed by atoms with Gasteiger partial charge in [-0.1, -0.05) is 24.3 Å². The molecular weight excluding hydrogens is 374 g/mol. The fraction of sp³-hybridized carbons (Fsp3) is 0.238. The van der Waals surface area contributed by atoms with E-state index in [1.165, 1.54) is 11.7 Å². The van der Waals surface area contributed by atoms with Gasteiger partial charge in [-0.15, -0.1) is 0 Å². The van der Waals surface area contributed by atoms with Crippen molar-refractivity contribution in [1.82, 2.24) is 14.5 Å². The number of hydrogen-bond donors (Lipinski definition) is 1. The molecule has 0 radical (unpaired) electrons. The van der Waals surface area contributed by atoms with Crippen molar-refractivity contribution < 1.29 is 14.3 Å². The van der Waals surface area contributed by atoms with Crippen molar-refractivity contribution in [3.05, 3.63) is 80.5 Å². The normalized spacial score (nSPS) is 10.7. The zero-order chi connectivity index (χ0) is 21.0. The van der Waals surface area contributed by atoms with Gasteiger partial charge in [0, 0.05) is 26.6 Å². The van der Waals surface area contributed by atoms with Gasteiger partial charge in [0.15, 0.2) is 0 Å². The topological polar surface area (TPSA) is 101 Å². The maximum Gasteiger partial charge on any atom is 0.337 e. The molecule has 0 aliphatic carbocycles. The largest absolute Gasteiger partial charge is 0.465 e. The lowest BCUT2D eigenvalue weighted by Crippen LogP contribution is -2.33. The van der Waals surface area contributed by atoms with E-state index in [0.29, 0.717) is 23.0 Å². The average Bonchev–Trinajstić information content (AvgIpc) is 2.73. The minimum Gasteiger partial charge on any atom is -0.465 e. The molecule has 0 atom stereocenters. The number of H-pyrrole nitrogens is 1. The van der Waals surface area contributed by atoms with E-state index in [1.807, 2.05) is 0 Å². The molecule has 29 heavy (non-hydrogen) atoms. The van der Waals surface area contributed by atoms with E-state index < -0.39 is 17.2 Å². The van der Waals surface area contributed by atoms with Crippen molar-refractivity contribution in [2.24, 2.45) is 0 Å². The Balaban J connectivity index is 1.68. The molecule has 150 valence electrons. The number of nitrogens with zero attached hydrogens (tertiary/aromatic N) is 2. The number of aryl methyl sites for hydroxylation is 1. The zero-order valence-electron chi connectivity index (χ0n) is 16.2. The maximum atomic E-state index is 12.5. The SMILES string of the molecule is COC(=O)c1ccc(CN(C)C(=O)CCn2c(=O)[nH]c(=O)c3ccccc32)cc1. The van der Waals surface area contributed by atoms with Gasteiger partial charge in [-0.25, -0.2) is 9.59 Å². The zero-order valence-corrected chi connectivity index (χ0v) is 16.2. The number of rotatable bonds is 6. The van der Waals surface area contributed by atoms with Crippen LogP contribution >= 0.6 is 0 Å². The summed E-state index contributed by atoms with van der Waals surface area (Å²) in [4.78, 5) is 51.9. The first kappa shape index (κ1) is 20.1. The number of carbonyl (C=O) groups excluding carboxylic acids is 2. The smallest absolute Gasteiger partial charge is 0.337 e. The first-order chi connectivity index (χ1) is 13.9. The number of hydrogen-bond acceptors (Lipinski definition) is 5. The predicted octanol–water partition coefficient (Wildman–Crippen LogP) is 1.53. The van der Waals surface area contributed by atoms with Gasteiger partial charge in [0.2, 0.25) is 5.91 Å². The summed E-state index contributed by atoms with van der Waals surface area (Å²) >= 11 is 0. The number of fused-ring (bicyclic) bond motifs is 1. The van der Waals surface area contributed by atoms with Gasteiger partial charge in [-0.3, -0.25) is 19.1 Å². The van der Waals surface area contributed by atoms with E-state index >= 15 is 0 Å². The van der Waals surface area contributed by atoms with Crippen LogP contribution in [0.3, 0.4) is 0 Å². The second-order valence-corrected chi connectivity index (χ2v) is 6.62. The van der Waals surface area contributed by atoms with Crippen LogP contribution in [0, 0.1) is 0 Å². The van der Waals surface area contributed by atoms with Crippen molar-refractivity contribution in [2.45, 2.75) is 19.5 Å². The molecule has 8 nitrogen and oxygen atoms in total. The molecule has 0 bridgehead atoms. The third-order valence-electron chi connectivity index (χ3n) is 4.67. The van der Waals surface area contributed by atoms with Crippen LogP contribution in [0.15, 0.2) is 58.1 Å². The molecule has 2 aromatic carbocycles. The second kappa shape index (κ2) is 8.55. The summed E-state index contributed by atoms with van der Waals surface area (Å²) in [6.45, 7) is 0.516. The maximum absolute atomic E-state index is 12.5. The van der Waals surface area contributed by atoms with Gasteiger partial charge in [0.1, 0.15) is 0 Å². The Hall–Kier alpha value is -3.68. The minimum absolute atomic E-state index is 0.104. The van der Waals surface area contributed by atoms with E-state index in [9.17, 15) is 19.2 Å². The Bertz CT molecular complexity index is 1160. The van der Waals surface area contributed by atoms with Gasteiger partial charge < -0.3 is 9.64 Å². The minimum atomic E-state index is -0.539. The monoisotopic (exact) mass is 395 g/mol. The Morgan fingerprint density at radius 2 is 1.76 bits per heavy atom. The summed E-state index contributed by atoms with van der Waals surface area (Å²) in [5.41, 5.74) is 0.813. The van der Waals surface area contributed by atoms with Crippen molar-refractivity contribution in [3.63, 3.8) is 0 Å². The number of para-hydroxylation sites is 1. The highest BCUT2D eigenvalue weighted by atomic mass is 16.5. The Morgan fingerprint density at radius 3 is 2.45 bits per heavy atom. The molecule has 8 heteroatoms. The summed E-state index contributed by atoms with van der Waals surface area (Å²) in [7, 11) is 2.99. The molecule has 3 rings (SSSR count). The summed E-state index contributed by atoms with van der Waals surface area (Å²) in [6, 6.07) is 13.6. The van der Waals surface area contributed by atoms with Crippen LogP contribution < -0.4 is 11.2 Å². The molecule has 0 saturated heterocycles. The van der Waals surface area contributed by atoms with E-state index in [4.69, 9.17) is 0 Å². The summed E-state index contributed by atoms with van der Waals surface area (Å²) in [6.07, 6.45) is 0.104. The number of aromatic nitrogens is 2. The van der Waals surface area contributed by atoms with Crippen molar-refractivity contribution >= 4 is 22.8 Å². The summed E-state index contributed by atoms with van der Waals surface area (Å²) < 4.78 is 6.06. The lowest BCUT2D eigenvalue weighted by molar-refractivity contribution is -0.130. The number of aromatic amines is 1. The highest BCUT2D eigenvalue weighted by molar-refractivity contribution is 5.89. The average molecular weight is 395 g/mol. The molecule has 1 N–H and O–H groups in total. The molecule has 0 aliphatic heterocycles. The first-order valence-corrected chi connectivity index (χ1v) is 9.04. The molecule has 3 aromatic rings. The lowest BCUT2D eigenvalue weighted by atomic mass is 10.1. The summed E-state index contributed by atoms with van der Waals surface area (Å²) in [5.74, 6) is -0.566. The van der Waals surface area contributed by atoms with Crippen LogP contribution in [0.1, 0.15) is 22.3 Å². The Kier molecular flexibility index (Phi) is 5.92. The second-order valence-electron chi connectivity index (χ2n) is 6.62. The van der Waals surface area contributed by atoms with E-state index in [2.05, 4.69) is 9.72 Å². The Morgan fingerprint density at radius 1 is 1.07 bits per heavy atom. The fourth-order valence-electron chi connectivity index (χ4n) is 3.09. The first-order valence-electron chi connectivity index (χ1n) is 9.04. The van der Waals surface area contributed by atoms with Gasteiger partial charge >= 0.3 is 11.7 Å². The molecular formula is C21H21N3O5. The number of methoxy groups -OCH3 is 1. The van der Waals surface area contributed by atoms with Crippen LogP contribution in [-0.4, -0.2) is 40.5 Å². The van der Waals surface area contributed by atoms with Crippen LogP contribution in [0.5, 0.6) is 0 Å². The predicted molar refractivity (Wildman–Crippen MR) is 108 cm³/mol. The number of nitrogens with one attached hydrogen (secondary N) is 1. The fourth-order valence-corrected chi connectivity index (χ4v) is 3.09. The van der Waals surface area contributed by atoms with Gasteiger partial charge in [-0.2, -0.15) is 0 Å². The number of benzene rings is 2.